The van der Waals surface area contributed by atoms with Crippen molar-refractivity contribution in [1.29, 1.82) is 0 Å². The number of carbonyl (C=O) groups is 1. The van der Waals surface area contributed by atoms with Gasteiger partial charge in [0.05, 0.1) is 12.7 Å². The van der Waals surface area contributed by atoms with Gasteiger partial charge in [0, 0.05) is 38.5 Å². The van der Waals surface area contributed by atoms with Crippen molar-refractivity contribution < 1.29 is 14.3 Å². The summed E-state index contributed by atoms with van der Waals surface area (Å²) < 4.78 is 11.3. The van der Waals surface area contributed by atoms with Gasteiger partial charge >= 0.3 is 0 Å². The summed E-state index contributed by atoms with van der Waals surface area (Å²) in [7, 11) is 0. The average Bonchev–Trinajstić information content (AvgIpc) is 2.89. The van der Waals surface area contributed by atoms with Gasteiger partial charge in [-0.3, -0.25) is 4.79 Å². The van der Waals surface area contributed by atoms with Crippen LogP contribution in [-0.4, -0.2) is 62.9 Å². The highest BCUT2D eigenvalue weighted by Gasteiger charge is 2.21. The van der Waals surface area contributed by atoms with Crippen LogP contribution in [0.5, 0.6) is 0 Å². The highest BCUT2D eigenvalue weighted by molar-refractivity contribution is 5.77. The number of nitrogens with zero attached hydrogens (tertiary/aromatic N) is 2. The van der Waals surface area contributed by atoms with Crippen molar-refractivity contribution in [2.24, 2.45) is 0 Å². The molecule has 1 unspecified atom stereocenters. The van der Waals surface area contributed by atoms with Crippen LogP contribution in [0.2, 0.25) is 0 Å². The maximum absolute atomic E-state index is 12.4. The summed E-state index contributed by atoms with van der Waals surface area (Å²) in [5.41, 5.74) is 2.57. The minimum Gasteiger partial charge on any atom is -0.376 e. The third-order valence-electron chi connectivity index (χ3n) is 5.11. The Hall–Kier alpha value is -1.59. The molecule has 5 nitrogen and oxygen atoms in total. The minimum absolute atomic E-state index is 0.0995. The van der Waals surface area contributed by atoms with Gasteiger partial charge in [-0.2, -0.15) is 0 Å². The summed E-state index contributed by atoms with van der Waals surface area (Å²) in [4.78, 5) is 16.8. The van der Waals surface area contributed by atoms with Gasteiger partial charge in [-0.25, -0.2) is 0 Å². The Bertz CT molecular complexity index is 558. The third-order valence-corrected chi connectivity index (χ3v) is 5.11. The van der Waals surface area contributed by atoms with Crippen LogP contribution in [0.3, 0.4) is 0 Å². The second-order valence-electron chi connectivity index (χ2n) is 7.01. The van der Waals surface area contributed by atoms with Crippen LogP contribution in [0, 0.1) is 6.92 Å². The van der Waals surface area contributed by atoms with Gasteiger partial charge in [0.1, 0.15) is 6.61 Å². The molecular formula is C20H30N2O3. The van der Waals surface area contributed by atoms with Crippen LogP contribution in [0.1, 0.15) is 31.2 Å². The molecule has 0 N–H and O–H groups in total. The third kappa shape index (κ3) is 5.19. The molecule has 0 bridgehead atoms. The molecule has 2 heterocycles. The number of aryl methyl sites for hydroxylation is 1. The molecule has 1 aromatic rings. The van der Waals surface area contributed by atoms with E-state index in [0.717, 1.165) is 52.0 Å². The predicted octanol–water partition coefficient (Wildman–Crippen LogP) is 2.62. The Morgan fingerprint density at radius 2 is 2.04 bits per heavy atom. The first kappa shape index (κ1) is 18.2. The van der Waals surface area contributed by atoms with Crippen molar-refractivity contribution in [3.05, 3.63) is 29.8 Å². The molecule has 0 saturated carbocycles. The van der Waals surface area contributed by atoms with Crippen molar-refractivity contribution in [2.75, 3.05) is 50.9 Å². The fraction of sp³-hybridized carbons (Fsp3) is 0.650. The summed E-state index contributed by atoms with van der Waals surface area (Å²) in [6.45, 7) is 7.11. The Kier molecular flexibility index (Phi) is 6.70. The van der Waals surface area contributed by atoms with E-state index in [4.69, 9.17) is 9.47 Å². The first-order chi connectivity index (χ1) is 12.2. The van der Waals surface area contributed by atoms with E-state index in [-0.39, 0.29) is 18.6 Å². The second kappa shape index (κ2) is 9.20. The van der Waals surface area contributed by atoms with Crippen molar-refractivity contribution in [3.8, 4) is 0 Å². The fourth-order valence-corrected chi connectivity index (χ4v) is 3.63. The maximum atomic E-state index is 12.4. The number of para-hydroxylation sites is 1. The topological polar surface area (TPSA) is 42.0 Å². The zero-order valence-corrected chi connectivity index (χ0v) is 15.3. The van der Waals surface area contributed by atoms with Crippen LogP contribution in [0.25, 0.3) is 0 Å². The maximum Gasteiger partial charge on any atom is 0.248 e. The van der Waals surface area contributed by atoms with Gasteiger partial charge < -0.3 is 19.3 Å². The van der Waals surface area contributed by atoms with Gasteiger partial charge in [0.25, 0.3) is 0 Å². The van der Waals surface area contributed by atoms with E-state index in [9.17, 15) is 4.79 Å². The van der Waals surface area contributed by atoms with Gasteiger partial charge in [-0.15, -0.1) is 0 Å². The smallest absolute Gasteiger partial charge is 0.248 e. The van der Waals surface area contributed by atoms with Crippen molar-refractivity contribution in [1.82, 2.24) is 4.90 Å². The summed E-state index contributed by atoms with van der Waals surface area (Å²) >= 11 is 0. The summed E-state index contributed by atoms with van der Waals surface area (Å²) in [5.74, 6) is 0.0995. The lowest BCUT2D eigenvalue weighted by Gasteiger charge is -2.25. The molecule has 1 atom stereocenters. The Labute approximate surface area is 150 Å². The monoisotopic (exact) mass is 346 g/mol. The molecule has 1 aromatic carbocycles. The second-order valence-corrected chi connectivity index (χ2v) is 7.01. The highest BCUT2D eigenvalue weighted by Crippen LogP contribution is 2.21. The van der Waals surface area contributed by atoms with Gasteiger partial charge in [-0.1, -0.05) is 18.2 Å². The zero-order chi connectivity index (χ0) is 17.5. The van der Waals surface area contributed by atoms with Gasteiger partial charge in [0.2, 0.25) is 5.91 Å². The molecule has 3 rings (SSSR count). The fourth-order valence-electron chi connectivity index (χ4n) is 3.63. The number of benzene rings is 1. The average molecular weight is 346 g/mol. The molecule has 2 aliphatic rings. The number of hydrogen-bond donors (Lipinski definition) is 0. The molecule has 0 aliphatic carbocycles. The molecular weight excluding hydrogens is 316 g/mol. The normalized spacial score (nSPS) is 21.9. The molecule has 2 saturated heterocycles. The SMILES string of the molecule is Cc1ccccc1N1CCCN(C(=O)COCC2CCCCO2)CC1. The number of ether oxygens (including phenoxy) is 2. The van der Waals surface area contributed by atoms with E-state index in [2.05, 4.69) is 36.1 Å². The predicted molar refractivity (Wildman–Crippen MR) is 99.0 cm³/mol. The zero-order valence-electron chi connectivity index (χ0n) is 15.3. The molecule has 0 radical (unpaired) electrons. The van der Waals surface area contributed by atoms with Gasteiger partial charge in [-0.05, 0) is 44.2 Å². The van der Waals surface area contributed by atoms with Crippen LogP contribution in [0.15, 0.2) is 24.3 Å². The largest absolute Gasteiger partial charge is 0.376 e. The van der Waals surface area contributed by atoms with E-state index in [0.29, 0.717) is 6.61 Å². The molecule has 2 aliphatic heterocycles. The standard InChI is InChI=1S/C20H30N2O3/c1-17-7-2-3-9-19(17)21-10-6-11-22(13-12-21)20(23)16-24-15-18-8-4-5-14-25-18/h2-3,7,9,18H,4-6,8,10-16H2,1H3. The Morgan fingerprint density at radius 3 is 2.84 bits per heavy atom. The number of amides is 1. The van der Waals surface area contributed by atoms with Gasteiger partial charge in [0.15, 0.2) is 0 Å². The van der Waals surface area contributed by atoms with Crippen molar-refractivity contribution in [3.63, 3.8) is 0 Å². The van der Waals surface area contributed by atoms with E-state index in [1.165, 1.54) is 17.7 Å². The summed E-state index contributed by atoms with van der Waals surface area (Å²) in [6, 6.07) is 8.46. The van der Waals surface area contributed by atoms with Crippen LogP contribution >= 0.6 is 0 Å². The van der Waals surface area contributed by atoms with E-state index in [1.807, 2.05) is 4.90 Å². The molecule has 0 aromatic heterocycles. The lowest BCUT2D eigenvalue weighted by molar-refractivity contribution is -0.138. The van der Waals surface area contributed by atoms with E-state index < -0.39 is 0 Å². The molecule has 2 fully saturated rings. The lowest BCUT2D eigenvalue weighted by atomic mass is 10.1. The lowest BCUT2D eigenvalue weighted by Crippen LogP contribution is -2.38. The molecule has 0 spiro atoms. The number of carbonyl (C=O) groups excluding carboxylic acids is 1. The number of hydrogen-bond acceptors (Lipinski definition) is 4. The summed E-state index contributed by atoms with van der Waals surface area (Å²) in [6.07, 6.45) is 4.54. The summed E-state index contributed by atoms with van der Waals surface area (Å²) in [5, 5.41) is 0. The molecule has 1 amide bonds. The van der Waals surface area contributed by atoms with E-state index >= 15 is 0 Å². The van der Waals surface area contributed by atoms with Crippen LogP contribution < -0.4 is 4.90 Å². The number of rotatable bonds is 5. The molecule has 138 valence electrons. The first-order valence-electron chi connectivity index (χ1n) is 9.52. The van der Waals surface area contributed by atoms with Crippen LogP contribution in [0.4, 0.5) is 5.69 Å². The highest BCUT2D eigenvalue weighted by atomic mass is 16.5. The minimum atomic E-state index is 0.0995. The van der Waals surface area contributed by atoms with E-state index in [1.54, 1.807) is 0 Å². The quantitative estimate of drug-likeness (QED) is 0.822. The Balaban J connectivity index is 1.44. The number of anilines is 1. The molecule has 25 heavy (non-hydrogen) atoms. The van der Waals surface area contributed by atoms with Crippen molar-refractivity contribution in [2.45, 2.75) is 38.7 Å². The van der Waals surface area contributed by atoms with Crippen molar-refractivity contribution >= 4 is 11.6 Å². The Morgan fingerprint density at radius 1 is 1.16 bits per heavy atom. The molecule has 5 heteroatoms. The first-order valence-corrected chi connectivity index (χ1v) is 9.52. The van der Waals surface area contributed by atoms with Crippen LogP contribution in [-0.2, 0) is 14.3 Å².